The van der Waals surface area contributed by atoms with E-state index in [9.17, 15) is 0 Å². The van der Waals surface area contributed by atoms with E-state index in [2.05, 4.69) is 29.5 Å². The topological polar surface area (TPSA) is 102 Å². The smallest absolute Gasteiger partial charge is 0.0701 e. The van der Waals surface area contributed by atoms with Crippen molar-refractivity contribution in [1.29, 1.82) is 0 Å². The largest absolute Gasteiger partial charge is 0.379 e. The van der Waals surface area contributed by atoms with Gasteiger partial charge in [-0.3, -0.25) is 0 Å². The van der Waals surface area contributed by atoms with Crippen LogP contribution in [0.15, 0.2) is 0 Å². The Bertz CT molecular complexity index is 453. The number of hydrogen-bond donors (Lipinski definition) is 0. The van der Waals surface area contributed by atoms with Gasteiger partial charge in [0, 0.05) is 11.0 Å². The molecule has 0 aromatic heterocycles. The quantitative estimate of drug-likeness (QED) is 0.0492. The summed E-state index contributed by atoms with van der Waals surface area (Å²) in [5.74, 6) is 0. The van der Waals surface area contributed by atoms with Crippen LogP contribution in [0.4, 0.5) is 0 Å². The second-order valence-electron chi connectivity index (χ2n) is 9.90. The van der Waals surface area contributed by atoms with Crippen LogP contribution in [0, 0.1) is 0 Å². The van der Waals surface area contributed by atoms with Crippen molar-refractivity contribution < 1.29 is 52.1 Å². The lowest BCUT2D eigenvalue weighted by atomic mass is 10.1. The molecular formula is C32H65IO11. The highest BCUT2D eigenvalue weighted by atomic mass is 127. The van der Waals surface area contributed by atoms with Crippen LogP contribution in [0.1, 0.15) is 58.3 Å². The van der Waals surface area contributed by atoms with E-state index in [0.717, 1.165) is 24.1 Å². The van der Waals surface area contributed by atoms with Gasteiger partial charge >= 0.3 is 0 Å². The second kappa shape index (κ2) is 43.3. The first kappa shape index (κ1) is 44.3. The minimum absolute atomic E-state index is 0.527. The maximum Gasteiger partial charge on any atom is 0.0701 e. The fourth-order valence-corrected chi connectivity index (χ4v) is 4.01. The SMILES string of the molecule is CCCCCCCCCCOCCOCCOCCOCCOCCOCCOCCOCCOCCOCCOCCI. The van der Waals surface area contributed by atoms with Crippen molar-refractivity contribution in [1.82, 2.24) is 0 Å². The highest BCUT2D eigenvalue weighted by Gasteiger charge is 1.97. The zero-order valence-electron chi connectivity index (χ0n) is 27.8. The van der Waals surface area contributed by atoms with Gasteiger partial charge in [0.15, 0.2) is 0 Å². The molecule has 11 nitrogen and oxygen atoms in total. The predicted octanol–water partition coefficient (Wildman–Crippen LogP) is 4.74. The van der Waals surface area contributed by atoms with Gasteiger partial charge in [0.05, 0.1) is 139 Å². The third-order valence-electron chi connectivity index (χ3n) is 6.08. The fourth-order valence-electron chi connectivity index (χ4n) is 3.69. The fraction of sp³-hybridized carbons (Fsp3) is 1.00. The van der Waals surface area contributed by atoms with Crippen LogP contribution in [0.5, 0.6) is 0 Å². The minimum atomic E-state index is 0.527. The number of unbranched alkanes of at least 4 members (excludes halogenated alkanes) is 7. The number of ether oxygens (including phenoxy) is 11. The molecular weight excluding hydrogens is 687 g/mol. The zero-order chi connectivity index (χ0) is 31.7. The van der Waals surface area contributed by atoms with Crippen molar-refractivity contribution in [3.05, 3.63) is 0 Å². The van der Waals surface area contributed by atoms with Gasteiger partial charge in [-0.25, -0.2) is 0 Å². The molecule has 0 aliphatic heterocycles. The Morgan fingerprint density at radius 1 is 0.250 bits per heavy atom. The van der Waals surface area contributed by atoms with Crippen molar-refractivity contribution in [2.45, 2.75) is 58.3 Å². The Hall–Kier alpha value is 0.290. The number of rotatable bonds is 41. The van der Waals surface area contributed by atoms with Gasteiger partial charge in [0.2, 0.25) is 0 Å². The molecule has 0 unspecified atom stereocenters. The molecule has 0 aromatic carbocycles. The lowest BCUT2D eigenvalue weighted by Gasteiger charge is -2.09. The predicted molar refractivity (Wildman–Crippen MR) is 181 cm³/mol. The van der Waals surface area contributed by atoms with E-state index in [1.807, 2.05) is 0 Å². The van der Waals surface area contributed by atoms with E-state index >= 15 is 0 Å². The van der Waals surface area contributed by atoms with E-state index in [0.29, 0.717) is 132 Å². The Labute approximate surface area is 282 Å². The number of halogens is 1. The standard InChI is InChI=1S/C32H65IO11/c1-2-3-4-5-6-7-8-9-11-34-13-15-36-17-19-38-21-23-40-25-27-42-29-31-44-32-30-43-28-26-41-24-22-39-20-18-37-16-14-35-12-10-33/h2-32H2,1H3. The molecule has 0 atom stereocenters. The van der Waals surface area contributed by atoms with E-state index in [-0.39, 0.29) is 0 Å². The van der Waals surface area contributed by atoms with Crippen molar-refractivity contribution in [3.8, 4) is 0 Å². The molecule has 0 spiro atoms. The molecule has 44 heavy (non-hydrogen) atoms. The van der Waals surface area contributed by atoms with Crippen LogP contribution >= 0.6 is 22.6 Å². The van der Waals surface area contributed by atoms with Gasteiger partial charge in [-0.05, 0) is 6.42 Å². The molecule has 0 rings (SSSR count). The average molecular weight is 753 g/mol. The van der Waals surface area contributed by atoms with Crippen LogP contribution in [0.2, 0.25) is 0 Å². The van der Waals surface area contributed by atoms with Crippen molar-refractivity contribution in [2.24, 2.45) is 0 Å². The van der Waals surface area contributed by atoms with Crippen molar-refractivity contribution in [3.63, 3.8) is 0 Å². The normalized spacial score (nSPS) is 11.6. The zero-order valence-corrected chi connectivity index (χ0v) is 29.9. The first-order valence-electron chi connectivity index (χ1n) is 16.8. The van der Waals surface area contributed by atoms with Gasteiger partial charge in [-0.2, -0.15) is 0 Å². The summed E-state index contributed by atoms with van der Waals surface area (Å²) >= 11 is 2.28. The maximum atomic E-state index is 5.62. The number of hydrogen-bond acceptors (Lipinski definition) is 11. The van der Waals surface area contributed by atoms with E-state index in [1.54, 1.807) is 0 Å². The maximum absolute atomic E-state index is 5.62. The third kappa shape index (κ3) is 42.3. The van der Waals surface area contributed by atoms with Gasteiger partial charge in [-0.15, -0.1) is 0 Å². The van der Waals surface area contributed by atoms with Crippen LogP contribution in [0.25, 0.3) is 0 Å². The molecule has 0 fully saturated rings. The number of alkyl halides is 1. The van der Waals surface area contributed by atoms with Crippen LogP contribution < -0.4 is 0 Å². The summed E-state index contributed by atoms with van der Waals surface area (Å²) in [5.41, 5.74) is 0. The summed E-state index contributed by atoms with van der Waals surface area (Å²) in [6.45, 7) is 15.0. The molecule has 0 saturated carbocycles. The molecule has 0 saturated heterocycles. The molecule has 0 aromatic rings. The van der Waals surface area contributed by atoms with Crippen molar-refractivity contribution >= 4 is 22.6 Å². The summed E-state index contributed by atoms with van der Waals surface area (Å²) in [5, 5.41) is 0. The van der Waals surface area contributed by atoms with E-state index in [4.69, 9.17) is 52.1 Å². The molecule has 266 valence electrons. The summed E-state index contributed by atoms with van der Waals surface area (Å²) in [6.07, 6.45) is 10.5. The lowest BCUT2D eigenvalue weighted by molar-refractivity contribution is -0.0273. The molecule has 12 heteroatoms. The second-order valence-corrected chi connectivity index (χ2v) is 11.0. The molecule has 0 bridgehead atoms. The summed E-state index contributed by atoms with van der Waals surface area (Å²) in [4.78, 5) is 0. The van der Waals surface area contributed by atoms with Gasteiger partial charge < -0.3 is 52.1 Å². The van der Waals surface area contributed by atoms with Gasteiger partial charge in [0.25, 0.3) is 0 Å². The van der Waals surface area contributed by atoms with Crippen LogP contribution in [-0.2, 0) is 52.1 Å². The Kier molecular flexibility index (Phi) is 43.6. The minimum Gasteiger partial charge on any atom is -0.379 e. The Balaban J connectivity index is 3.03. The Morgan fingerprint density at radius 3 is 0.705 bits per heavy atom. The molecule has 0 aliphatic carbocycles. The van der Waals surface area contributed by atoms with E-state index < -0.39 is 0 Å². The Morgan fingerprint density at radius 2 is 0.455 bits per heavy atom. The first-order chi connectivity index (χ1) is 21.9. The summed E-state index contributed by atoms with van der Waals surface area (Å²) in [7, 11) is 0. The molecule has 0 aliphatic rings. The van der Waals surface area contributed by atoms with Gasteiger partial charge in [-0.1, -0.05) is 74.5 Å². The lowest BCUT2D eigenvalue weighted by Crippen LogP contribution is -2.15. The molecule has 0 radical (unpaired) electrons. The molecule has 0 heterocycles. The first-order valence-corrected chi connectivity index (χ1v) is 18.4. The molecule has 0 amide bonds. The highest BCUT2D eigenvalue weighted by Crippen LogP contribution is 2.08. The summed E-state index contributed by atoms with van der Waals surface area (Å²) in [6, 6.07) is 0. The van der Waals surface area contributed by atoms with E-state index in [1.165, 1.54) is 44.9 Å². The monoisotopic (exact) mass is 752 g/mol. The summed E-state index contributed by atoms with van der Waals surface area (Å²) < 4.78 is 61.3. The van der Waals surface area contributed by atoms with Crippen LogP contribution in [0.3, 0.4) is 0 Å². The third-order valence-corrected chi connectivity index (χ3v) is 6.52. The van der Waals surface area contributed by atoms with Crippen LogP contribution in [-0.4, -0.2) is 150 Å². The highest BCUT2D eigenvalue weighted by molar-refractivity contribution is 14.1. The average Bonchev–Trinajstić information content (AvgIpc) is 3.04. The van der Waals surface area contributed by atoms with Gasteiger partial charge in [0.1, 0.15) is 0 Å². The molecule has 0 N–H and O–H groups in total. The van der Waals surface area contributed by atoms with Crippen molar-refractivity contribution in [2.75, 3.05) is 150 Å².